The average Bonchev–Trinajstić information content (AvgIpc) is 3.48. The summed E-state index contributed by atoms with van der Waals surface area (Å²) in [7, 11) is 0. The van der Waals surface area contributed by atoms with Gasteiger partial charge < -0.3 is 28.3 Å². The molecule has 3 aliphatic heterocycles. The zero-order chi connectivity index (χ0) is 22.3. The van der Waals surface area contributed by atoms with Gasteiger partial charge in [0, 0.05) is 11.8 Å². The zero-order valence-corrected chi connectivity index (χ0v) is 18.3. The lowest BCUT2D eigenvalue weighted by Gasteiger charge is -2.28. The highest BCUT2D eigenvalue weighted by Gasteiger charge is 2.66. The van der Waals surface area contributed by atoms with Crippen LogP contribution < -0.4 is 9.47 Å². The third-order valence-corrected chi connectivity index (χ3v) is 6.43. The first-order valence-corrected chi connectivity index (χ1v) is 10.6. The molecule has 9 nitrogen and oxygen atoms in total. The van der Waals surface area contributed by atoms with Crippen molar-refractivity contribution in [3.8, 4) is 11.5 Å². The second-order valence-corrected chi connectivity index (χ2v) is 9.05. The molecule has 2 fully saturated rings. The normalized spacial score (nSPS) is 30.1. The molecule has 4 atom stereocenters. The Morgan fingerprint density at radius 1 is 1.16 bits per heavy atom. The van der Waals surface area contributed by atoms with E-state index in [1.165, 1.54) is 6.33 Å². The lowest BCUT2D eigenvalue weighted by atomic mass is 9.89. The van der Waals surface area contributed by atoms with Crippen molar-refractivity contribution in [1.82, 2.24) is 14.5 Å². The van der Waals surface area contributed by atoms with Crippen molar-refractivity contribution in [3.05, 3.63) is 47.5 Å². The van der Waals surface area contributed by atoms with E-state index in [9.17, 15) is 4.79 Å². The van der Waals surface area contributed by atoms with Gasteiger partial charge in [-0.3, -0.25) is 4.79 Å². The van der Waals surface area contributed by atoms with Crippen LogP contribution in [0.3, 0.4) is 0 Å². The van der Waals surface area contributed by atoms with E-state index < -0.39 is 29.8 Å². The third kappa shape index (κ3) is 2.78. The number of fused-ring (bicyclic) bond motifs is 3. The van der Waals surface area contributed by atoms with Crippen molar-refractivity contribution in [3.63, 3.8) is 0 Å². The number of nitrogens with zero attached hydrogens (tertiary/aromatic N) is 3. The minimum Gasteiger partial charge on any atom is -0.454 e. The molecule has 0 N–H and O–H groups in total. The van der Waals surface area contributed by atoms with E-state index in [-0.39, 0.29) is 12.6 Å². The lowest BCUT2D eigenvalue weighted by molar-refractivity contribution is -0.203. The molecule has 5 heterocycles. The largest absolute Gasteiger partial charge is 0.454 e. The molecule has 0 amide bonds. The Bertz CT molecular complexity index is 1260. The number of rotatable bonds is 3. The summed E-state index contributed by atoms with van der Waals surface area (Å²) in [5, 5.41) is 1.02. The topological polar surface area (TPSA) is 93.9 Å². The first-order chi connectivity index (χ1) is 15.3. The van der Waals surface area contributed by atoms with Crippen LogP contribution >= 0.6 is 11.6 Å². The Kier molecular flexibility index (Phi) is 4.14. The van der Waals surface area contributed by atoms with E-state index in [1.807, 2.05) is 31.4 Å². The minimum absolute atomic E-state index is 0.130. The molecule has 3 aromatic rings. The summed E-state index contributed by atoms with van der Waals surface area (Å²) in [5.41, 5.74) is -0.00701. The fourth-order valence-corrected chi connectivity index (χ4v) is 5.00. The molecule has 3 aliphatic rings. The summed E-state index contributed by atoms with van der Waals surface area (Å²) in [6.45, 7) is 5.62. The fourth-order valence-electron chi connectivity index (χ4n) is 4.80. The van der Waals surface area contributed by atoms with Gasteiger partial charge in [-0.1, -0.05) is 11.6 Å². The van der Waals surface area contributed by atoms with Crippen LogP contribution in [0.2, 0.25) is 5.15 Å². The van der Waals surface area contributed by atoms with Crippen LogP contribution in [0.5, 0.6) is 11.5 Å². The van der Waals surface area contributed by atoms with Crippen LogP contribution in [-0.2, 0) is 14.2 Å². The number of carbonyl (C=O) groups is 1. The minimum atomic E-state index is -1.03. The monoisotopic (exact) mass is 457 g/mol. The maximum Gasteiger partial charge on any atom is 0.231 e. The third-order valence-electron chi connectivity index (χ3n) is 6.13. The highest BCUT2D eigenvalue weighted by atomic mass is 35.5. The number of ether oxygens (including phenoxy) is 5. The van der Waals surface area contributed by atoms with Gasteiger partial charge in [0.15, 0.2) is 35.4 Å². The molecule has 0 spiro atoms. The Hall–Kier alpha value is -2.72. The summed E-state index contributed by atoms with van der Waals surface area (Å²) in [6, 6.07) is 6.89. The summed E-state index contributed by atoms with van der Waals surface area (Å²) in [4.78, 5) is 22.0. The van der Waals surface area contributed by atoms with Gasteiger partial charge >= 0.3 is 0 Å². The van der Waals surface area contributed by atoms with Crippen LogP contribution in [0.4, 0.5) is 0 Å². The summed E-state index contributed by atoms with van der Waals surface area (Å²) in [5.74, 6) is 0.0000586. The second-order valence-electron chi connectivity index (χ2n) is 8.69. The van der Waals surface area contributed by atoms with Gasteiger partial charge in [0.05, 0.1) is 5.39 Å². The smallest absolute Gasteiger partial charge is 0.231 e. The van der Waals surface area contributed by atoms with Gasteiger partial charge in [0.2, 0.25) is 6.79 Å². The zero-order valence-electron chi connectivity index (χ0n) is 17.6. The molecule has 6 rings (SSSR count). The number of hydrogen-bond acceptors (Lipinski definition) is 8. The van der Waals surface area contributed by atoms with E-state index in [1.54, 1.807) is 24.4 Å². The molecule has 2 aromatic heterocycles. The standard InChI is InChI=1S/C22H20ClN3O6/c1-21(2)31-17-20(26-7-6-12-18(23)24-9-25-19(12)26)30-16(22(17,3)32-21)15(27)11-4-5-13-14(8-11)29-10-28-13/h4-9,16-17,20H,10H2,1-3H3/t16-,17-,20+,22-/m0/s1. The van der Waals surface area contributed by atoms with Crippen LogP contribution in [0.25, 0.3) is 11.0 Å². The lowest BCUT2D eigenvalue weighted by Crippen LogP contribution is -2.47. The highest BCUT2D eigenvalue weighted by Crippen LogP contribution is 2.51. The average molecular weight is 458 g/mol. The van der Waals surface area contributed by atoms with Gasteiger partial charge in [-0.25, -0.2) is 9.97 Å². The number of ketones is 1. The van der Waals surface area contributed by atoms with Crippen molar-refractivity contribution < 1.29 is 28.5 Å². The molecule has 0 saturated carbocycles. The summed E-state index contributed by atoms with van der Waals surface area (Å²) < 4.78 is 31.5. The molecular weight excluding hydrogens is 438 g/mol. The van der Waals surface area contributed by atoms with Gasteiger partial charge in [-0.15, -0.1) is 0 Å². The van der Waals surface area contributed by atoms with Crippen molar-refractivity contribution in [1.29, 1.82) is 0 Å². The van der Waals surface area contributed by atoms with E-state index >= 15 is 0 Å². The highest BCUT2D eigenvalue weighted by molar-refractivity contribution is 6.33. The van der Waals surface area contributed by atoms with Crippen molar-refractivity contribution >= 4 is 28.4 Å². The number of hydrogen-bond donors (Lipinski definition) is 0. The van der Waals surface area contributed by atoms with E-state index in [4.69, 9.17) is 35.3 Å². The maximum atomic E-state index is 13.6. The molecule has 0 bridgehead atoms. The Morgan fingerprint density at radius 2 is 1.97 bits per heavy atom. The summed E-state index contributed by atoms with van der Waals surface area (Å²) >= 11 is 6.23. The molecule has 32 heavy (non-hydrogen) atoms. The maximum absolute atomic E-state index is 13.6. The number of benzene rings is 1. The second kappa shape index (κ2) is 6.64. The number of aromatic nitrogens is 3. The van der Waals surface area contributed by atoms with Crippen molar-refractivity contribution in [2.45, 2.75) is 50.6 Å². The van der Waals surface area contributed by atoms with E-state index in [2.05, 4.69) is 9.97 Å². The van der Waals surface area contributed by atoms with E-state index in [0.29, 0.717) is 33.2 Å². The fraction of sp³-hybridized carbons (Fsp3) is 0.409. The first-order valence-electron chi connectivity index (χ1n) is 10.2. The number of Topliss-reactive ketones (excluding diaryl/α,β-unsaturated/α-hetero) is 1. The quantitative estimate of drug-likeness (QED) is 0.435. The Balaban J connectivity index is 1.42. The predicted octanol–water partition coefficient (Wildman–Crippen LogP) is 3.50. The molecule has 1 aromatic carbocycles. The molecule has 2 saturated heterocycles. The molecule has 166 valence electrons. The van der Waals surface area contributed by atoms with Crippen molar-refractivity contribution in [2.75, 3.05) is 6.79 Å². The SMILES string of the molecule is CC1(C)O[C@H]2[C@H](n3ccc4c(Cl)ncnc43)O[C@@H](C(=O)c3ccc4c(c3)OCO4)[C@]2(C)O1. The van der Waals surface area contributed by atoms with Crippen LogP contribution in [0.15, 0.2) is 36.8 Å². The van der Waals surface area contributed by atoms with Crippen molar-refractivity contribution in [2.24, 2.45) is 0 Å². The van der Waals surface area contributed by atoms with Gasteiger partial charge in [0.25, 0.3) is 0 Å². The van der Waals surface area contributed by atoms with Crippen LogP contribution in [0, 0.1) is 0 Å². The molecule has 0 aliphatic carbocycles. The molecule has 0 unspecified atom stereocenters. The predicted molar refractivity (Wildman–Crippen MR) is 112 cm³/mol. The number of halogens is 1. The Morgan fingerprint density at radius 3 is 2.81 bits per heavy atom. The van der Waals surface area contributed by atoms with Crippen LogP contribution in [0.1, 0.15) is 37.4 Å². The summed E-state index contributed by atoms with van der Waals surface area (Å²) in [6.07, 6.45) is 1.05. The van der Waals surface area contributed by atoms with Gasteiger partial charge in [-0.2, -0.15) is 0 Å². The van der Waals surface area contributed by atoms with E-state index in [0.717, 1.165) is 0 Å². The Labute approximate surface area is 188 Å². The molecular formula is C22H20ClN3O6. The van der Waals surface area contributed by atoms with Gasteiger partial charge in [0.1, 0.15) is 28.8 Å². The number of carbonyl (C=O) groups excluding carboxylic acids is 1. The molecule has 0 radical (unpaired) electrons. The van der Waals surface area contributed by atoms with Crippen LogP contribution in [-0.4, -0.2) is 50.7 Å². The van der Waals surface area contributed by atoms with Gasteiger partial charge in [-0.05, 0) is 45.0 Å². The molecule has 10 heteroatoms. The first kappa shape index (κ1) is 19.9.